The number of rotatable bonds is 4. The number of aromatic nitrogens is 1. The Morgan fingerprint density at radius 2 is 1.79 bits per heavy atom. The highest BCUT2D eigenvalue weighted by molar-refractivity contribution is 5.78. The highest BCUT2D eigenvalue weighted by atomic mass is 19.1. The van der Waals surface area contributed by atoms with Gasteiger partial charge in [0.1, 0.15) is 12.4 Å². The molecule has 4 nitrogen and oxygen atoms in total. The van der Waals surface area contributed by atoms with Crippen molar-refractivity contribution in [1.82, 2.24) is 4.98 Å². The quantitative estimate of drug-likeness (QED) is 0.776. The maximum absolute atomic E-state index is 13.1. The number of pyridine rings is 1. The number of anilines is 3. The molecule has 0 saturated heterocycles. The van der Waals surface area contributed by atoms with Crippen LogP contribution in [-0.2, 0) is 6.61 Å². The third-order valence-corrected chi connectivity index (χ3v) is 3.90. The van der Waals surface area contributed by atoms with Gasteiger partial charge < -0.3 is 15.0 Å². The number of nitrogens with one attached hydrogen (secondary N) is 1. The van der Waals surface area contributed by atoms with Crippen LogP contribution in [0.15, 0.2) is 66.7 Å². The Morgan fingerprint density at radius 1 is 1.00 bits per heavy atom. The van der Waals surface area contributed by atoms with Gasteiger partial charge in [-0.15, -0.1) is 0 Å². The zero-order valence-electron chi connectivity index (χ0n) is 12.9. The lowest BCUT2D eigenvalue weighted by molar-refractivity contribution is 0.294. The molecule has 1 aromatic heterocycles. The summed E-state index contributed by atoms with van der Waals surface area (Å²) < 4.78 is 18.9. The molecule has 1 aliphatic heterocycles. The summed E-state index contributed by atoms with van der Waals surface area (Å²) >= 11 is 0. The number of benzene rings is 2. The van der Waals surface area contributed by atoms with Crippen molar-refractivity contribution in [3.63, 3.8) is 0 Å². The highest BCUT2D eigenvalue weighted by Crippen LogP contribution is 2.36. The molecule has 0 radical (unpaired) electrons. The van der Waals surface area contributed by atoms with E-state index in [1.54, 1.807) is 12.1 Å². The molecule has 0 atom stereocenters. The second-order valence-electron chi connectivity index (χ2n) is 5.53. The summed E-state index contributed by atoms with van der Waals surface area (Å²) in [6.45, 7) is 1.06. The van der Waals surface area contributed by atoms with Crippen LogP contribution in [0.4, 0.5) is 21.6 Å². The second kappa shape index (κ2) is 6.20. The van der Waals surface area contributed by atoms with Gasteiger partial charge in [0.05, 0.1) is 12.4 Å². The van der Waals surface area contributed by atoms with Gasteiger partial charge in [-0.25, -0.2) is 4.39 Å². The van der Waals surface area contributed by atoms with Crippen LogP contribution in [0.3, 0.4) is 0 Å². The van der Waals surface area contributed by atoms with Gasteiger partial charge >= 0.3 is 0 Å². The third kappa shape index (κ3) is 2.88. The molecule has 4 rings (SSSR count). The summed E-state index contributed by atoms with van der Waals surface area (Å²) in [7, 11) is 0. The molecular formula is C19H16FN3O. The summed E-state index contributed by atoms with van der Waals surface area (Å²) in [4.78, 5) is 6.59. The molecule has 0 bridgehead atoms. The lowest BCUT2D eigenvalue weighted by atomic mass is 10.2. The smallest absolute Gasteiger partial charge is 0.215 e. The number of hydrogen-bond acceptors (Lipinski definition) is 4. The van der Waals surface area contributed by atoms with E-state index < -0.39 is 0 Å². The highest BCUT2D eigenvalue weighted by Gasteiger charge is 2.22. The van der Waals surface area contributed by atoms with E-state index in [9.17, 15) is 4.39 Å². The Kier molecular flexibility index (Phi) is 3.75. The molecule has 3 aromatic rings. The number of nitrogens with zero attached hydrogens (tertiary/aromatic N) is 2. The predicted octanol–water partition coefficient (Wildman–Crippen LogP) is 4.32. The minimum atomic E-state index is -0.251. The normalized spacial score (nSPS) is 12.6. The van der Waals surface area contributed by atoms with Crippen molar-refractivity contribution in [1.29, 1.82) is 0 Å². The first-order chi connectivity index (χ1) is 11.8. The zero-order chi connectivity index (χ0) is 16.4. The SMILES string of the molecule is Fc1ccc(N2CNc3ccc(OCc4ccccc4)nc32)cc1. The lowest BCUT2D eigenvalue weighted by Gasteiger charge is -2.17. The molecule has 0 fully saturated rings. The number of fused-ring (bicyclic) bond motifs is 1. The van der Waals surface area contributed by atoms with E-state index in [0.29, 0.717) is 19.2 Å². The molecular weight excluding hydrogens is 305 g/mol. The van der Waals surface area contributed by atoms with E-state index in [-0.39, 0.29) is 5.82 Å². The van der Waals surface area contributed by atoms with Crippen LogP contribution in [0.2, 0.25) is 0 Å². The van der Waals surface area contributed by atoms with Gasteiger partial charge in [0.25, 0.3) is 0 Å². The Labute approximate surface area is 139 Å². The summed E-state index contributed by atoms with van der Waals surface area (Å²) in [5, 5.41) is 3.28. The van der Waals surface area contributed by atoms with E-state index in [2.05, 4.69) is 10.3 Å². The van der Waals surface area contributed by atoms with E-state index in [0.717, 1.165) is 22.8 Å². The topological polar surface area (TPSA) is 37.4 Å². The van der Waals surface area contributed by atoms with Crippen molar-refractivity contribution >= 4 is 17.2 Å². The molecule has 0 unspecified atom stereocenters. The lowest BCUT2D eigenvalue weighted by Crippen LogP contribution is -2.17. The van der Waals surface area contributed by atoms with Gasteiger partial charge in [-0.2, -0.15) is 4.98 Å². The van der Waals surface area contributed by atoms with Gasteiger partial charge in [0, 0.05) is 11.8 Å². The van der Waals surface area contributed by atoms with Crippen molar-refractivity contribution in [3.05, 3.63) is 78.1 Å². The molecule has 0 spiro atoms. The second-order valence-corrected chi connectivity index (χ2v) is 5.53. The van der Waals surface area contributed by atoms with E-state index in [1.807, 2.05) is 47.4 Å². The van der Waals surface area contributed by atoms with Crippen LogP contribution in [0, 0.1) is 5.82 Å². The molecule has 1 aliphatic rings. The van der Waals surface area contributed by atoms with E-state index in [4.69, 9.17) is 4.74 Å². The molecule has 1 N–H and O–H groups in total. The number of hydrogen-bond donors (Lipinski definition) is 1. The first-order valence-corrected chi connectivity index (χ1v) is 7.74. The molecule has 0 saturated carbocycles. The molecule has 24 heavy (non-hydrogen) atoms. The summed E-state index contributed by atoms with van der Waals surface area (Å²) in [6.07, 6.45) is 0. The van der Waals surface area contributed by atoms with Crippen molar-refractivity contribution < 1.29 is 9.13 Å². The predicted molar refractivity (Wildman–Crippen MR) is 92.0 cm³/mol. The standard InChI is InChI=1S/C19H16FN3O/c20-15-6-8-16(9-7-15)23-13-21-17-10-11-18(22-19(17)23)24-12-14-4-2-1-3-5-14/h1-11,21H,12-13H2. The van der Waals surface area contributed by atoms with Crippen molar-refractivity contribution in [2.75, 3.05) is 16.9 Å². The average molecular weight is 321 g/mol. The van der Waals surface area contributed by atoms with Crippen LogP contribution >= 0.6 is 0 Å². The Morgan fingerprint density at radius 3 is 2.58 bits per heavy atom. The maximum Gasteiger partial charge on any atom is 0.215 e. The molecule has 120 valence electrons. The van der Waals surface area contributed by atoms with Gasteiger partial charge in [-0.05, 0) is 35.9 Å². The first kappa shape index (κ1) is 14.5. The summed E-state index contributed by atoms with van der Waals surface area (Å²) in [5.74, 6) is 1.10. The molecule has 5 heteroatoms. The minimum absolute atomic E-state index is 0.251. The van der Waals surface area contributed by atoms with Gasteiger partial charge in [0.2, 0.25) is 5.88 Å². The third-order valence-electron chi connectivity index (χ3n) is 3.90. The fourth-order valence-electron chi connectivity index (χ4n) is 2.66. The summed E-state index contributed by atoms with van der Waals surface area (Å²) in [6, 6.07) is 20.1. The van der Waals surface area contributed by atoms with Crippen molar-refractivity contribution in [2.24, 2.45) is 0 Å². The van der Waals surface area contributed by atoms with Crippen LogP contribution < -0.4 is 15.0 Å². The van der Waals surface area contributed by atoms with Crippen LogP contribution in [0.1, 0.15) is 5.56 Å². The van der Waals surface area contributed by atoms with Crippen molar-refractivity contribution in [3.8, 4) is 5.88 Å². The zero-order valence-corrected chi connectivity index (χ0v) is 12.9. The van der Waals surface area contributed by atoms with Crippen LogP contribution in [0.5, 0.6) is 5.88 Å². The largest absolute Gasteiger partial charge is 0.473 e. The van der Waals surface area contributed by atoms with Crippen molar-refractivity contribution in [2.45, 2.75) is 6.61 Å². The van der Waals surface area contributed by atoms with Gasteiger partial charge in [0.15, 0.2) is 5.82 Å². The number of halogens is 1. The Hall–Kier alpha value is -3.08. The molecule has 2 heterocycles. The van der Waals surface area contributed by atoms with E-state index >= 15 is 0 Å². The molecule has 2 aromatic carbocycles. The molecule has 0 aliphatic carbocycles. The average Bonchev–Trinajstić information content (AvgIpc) is 3.05. The molecule has 0 amide bonds. The monoisotopic (exact) mass is 321 g/mol. The first-order valence-electron chi connectivity index (χ1n) is 7.74. The Balaban J connectivity index is 1.55. The maximum atomic E-state index is 13.1. The fraction of sp³-hybridized carbons (Fsp3) is 0.105. The fourth-order valence-corrected chi connectivity index (χ4v) is 2.66. The van der Waals surface area contributed by atoms with Crippen LogP contribution in [0.25, 0.3) is 0 Å². The summed E-state index contributed by atoms with van der Waals surface area (Å²) in [5.41, 5.74) is 2.91. The van der Waals surface area contributed by atoms with Crippen LogP contribution in [-0.4, -0.2) is 11.7 Å². The van der Waals surface area contributed by atoms with Gasteiger partial charge in [-0.3, -0.25) is 0 Å². The van der Waals surface area contributed by atoms with E-state index in [1.165, 1.54) is 12.1 Å². The van der Waals surface area contributed by atoms with Gasteiger partial charge in [-0.1, -0.05) is 30.3 Å². The minimum Gasteiger partial charge on any atom is -0.473 e. The number of ether oxygens (including phenoxy) is 1. The Bertz CT molecular complexity index is 837.